The SMILES string of the molecule is N#Cc1c(Nc2ccccc2)sc2c1nc(-c1ccccc1)c1c(=O)n3ccccc3nc12. The number of thiophene rings is 1. The number of aromatic nitrogens is 3. The summed E-state index contributed by atoms with van der Waals surface area (Å²) >= 11 is 1.39. The van der Waals surface area contributed by atoms with E-state index in [2.05, 4.69) is 11.4 Å². The highest BCUT2D eigenvalue weighted by Gasteiger charge is 2.22. The minimum Gasteiger partial charge on any atom is -0.346 e. The van der Waals surface area contributed by atoms with Gasteiger partial charge in [-0.2, -0.15) is 5.26 Å². The summed E-state index contributed by atoms with van der Waals surface area (Å²) in [7, 11) is 0. The molecule has 6 nitrogen and oxygen atoms in total. The Morgan fingerprint density at radius 1 is 0.879 bits per heavy atom. The fraction of sp³-hybridized carbons (Fsp3) is 0. The molecule has 4 heterocycles. The number of nitriles is 1. The summed E-state index contributed by atoms with van der Waals surface area (Å²) in [5.41, 5.74) is 4.08. The van der Waals surface area contributed by atoms with Crippen LogP contribution in [0, 0.1) is 11.3 Å². The number of hydrogen-bond donors (Lipinski definition) is 1. The lowest BCUT2D eigenvalue weighted by molar-refractivity contribution is 1.08. The number of nitrogens with zero attached hydrogens (tertiary/aromatic N) is 4. The molecule has 0 aliphatic heterocycles. The van der Waals surface area contributed by atoms with Crippen molar-refractivity contribution in [1.29, 1.82) is 5.26 Å². The van der Waals surface area contributed by atoms with Crippen molar-refractivity contribution in [3.05, 3.63) is 101 Å². The molecule has 0 amide bonds. The van der Waals surface area contributed by atoms with Gasteiger partial charge in [-0.1, -0.05) is 54.6 Å². The van der Waals surface area contributed by atoms with E-state index in [-0.39, 0.29) is 5.56 Å². The van der Waals surface area contributed by atoms with Crippen molar-refractivity contribution in [1.82, 2.24) is 14.4 Å². The molecule has 6 aromatic rings. The Labute approximate surface area is 192 Å². The standard InChI is InChI=1S/C26H15N5OS/c27-15-18-22-24(33-25(18)28-17-11-5-2-6-12-17)23-20(21(30-22)16-9-3-1-4-10-16)26(32)31-14-8-7-13-19(31)29-23/h1-14,28H. The number of hydrogen-bond acceptors (Lipinski definition) is 6. The minimum absolute atomic E-state index is 0.187. The first-order valence-corrected chi connectivity index (χ1v) is 11.1. The van der Waals surface area contributed by atoms with Gasteiger partial charge in [0, 0.05) is 17.4 Å². The summed E-state index contributed by atoms with van der Waals surface area (Å²) in [6, 6.07) is 27.0. The average molecular weight is 446 g/mol. The zero-order chi connectivity index (χ0) is 22.4. The zero-order valence-corrected chi connectivity index (χ0v) is 18.0. The molecule has 7 heteroatoms. The molecule has 156 valence electrons. The second kappa shape index (κ2) is 7.55. The molecule has 1 N–H and O–H groups in total. The molecule has 4 aromatic heterocycles. The van der Waals surface area contributed by atoms with Gasteiger partial charge in [-0.15, -0.1) is 11.3 Å². The molecule has 0 bridgehead atoms. The van der Waals surface area contributed by atoms with Crippen LogP contribution in [0.5, 0.6) is 0 Å². The topological polar surface area (TPSA) is 83.1 Å². The van der Waals surface area contributed by atoms with Gasteiger partial charge in [-0.05, 0) is 24.3 Å². The first-order chi connectivity index (χ1) is 16.2. The molecule has 6 rings (SSSR count). The summed E-state index contributed by atoms with van der Waals surface area (Å²) in [6.45, 7) is 0. The predicted molar refractivity (Wildman–Crippen MR) is 132 cm³/mol. The van der Waals surface area contributed by atoms with E-state index in [1.165, 1.54) is 15.7 Å². The molecule has 0 saturated carbocycles. The molecule has 0 unspecified atom stereocenters. The molecule has 0 aliphatic rings. The lowest BCUT2D eigenvalue weighted by Crippen LogP contribution is -2.16. The van der Waals surface area contributed by atoms with E-state index in [1.807, 2.05) is 66.7 Å². The summed E-state index contributed by atoms with van der Waals surface area (Å²) < 4.78 is 2.24. The van der Waals surface area contributed by atoms with Gasteiger partial charge < -0.3 is 5.32 Å². The Morgan fingerprint density at radius 3 is 2.36 bits per heavy atom. The van der Waals surface area contributed by atoms with E-state index in [1.54, 1.807) is 18.3 Å². The van der Waals surface area contributed by atoms with Gasteiger partial charge in [0.05, 0.1) is 21.3 Å². The predicted octanol–water partition coefficient (Wildman–Crippen LogP) is 5.74. The van der Waals surface area contributed by atoms with Gasteiger partial charge in [0.15, 0.2) is 0 Å². The number of benzene rings is 2. The van der Waals surface area contributed by atoms with E-state index in [9.17, 15) is 10.1 Å². The lowest BCUT2D eigenvalue weighted by atomic mass is 10.1. The molecule has 0 fully saturated rings. The van der Waals surface area contributed by atoms with Crippen molar-refractivity contribution < 1.29 is 0 Å². The Balaban J connectivity index is 1.76. The van der Waals surface area contributed by atoms with Gasteiger partial charge in [-0.25, -0.2) is 9.97 Å². The van der Waals surface area contributed by atoms with Crippen LogP contribution in [-0.4, -0.2) is 14.4 Å². The van der Waals surface area contributed by atoms with Crippen LogP contribution in [0.4, 0.5) is 10.7 Å². The quantitative estimate of drug-likeness (QED) is 0.351. The molecule has 33 heavy (non-hydrogen) atoms. The average Bonchev–Trinajstić information content (AvgIpc) is 3.22. The van der Waals surface area contributed by atoms with E-state index in [0.717, 1.165) is 11.3 Å². The maximum Gasteiger partial charge on any atom is 0.268 e. The van der Waals surface area contributed by atoms with Gasteiger partial charge in [0.2, 0.25) is 0 Å². The van der Waals surface area contributed by atoms with Crippen molar-refractivity contribution in [3.8, 4) is 17.3 Å². The van der Waals surface area contributed by atoms with E-state index in [4.69, 9.17) is 9.97 Å². The second-order valence-electron chi connectivity index (χ2n) is 7.48. The van der Waals surface area contributed by atoms with Crippen molar-refractivity contribution >= 4 is 48.8 Å². The highest BCUT2D eigenvalue weighted by Crippen LogP contribution is 2.41. The molecule has 0 radical (unpaired) electrons. The van der Waals surface area contributed by atoms with Crippen LogP contribution >= 0.6 is 11.3 Å². The molecular formula is C26H15N5OS. The first-order valence-electron chi connectivity index (χ1n) is 10.3. The molecule has 0 saturated heterocycles. The highest BCUT2D eigenvalue weighted by atomic mass is 32.1. The summed E-state index contributed by atoms with van der Waals surface area (Å²) in [4.78, 5) is 23.3. The van der Waals surface area contributed by atoms with Crippen molar-refractivity contribution in [2.45, 2.75) is 0 Å². The first kappa shape index (κ1) is 19.2. The minimum atomic E-state index is -0.187. The van der Waals surface area contributed by atoms with Gasteiger partial charge in [-0.3, -0.25) is 9.20 Å². The van der Waals surface area contributed by atoms with Crippen LogP contribution in [0.2, 0.25) is 0 Å². The smallest absolute Gasteiger partial charge is 0.268 e. The lowest BCUT2D eigenvalue weighted by Gasteiger charge is -2.09. The third-order valence-corrected chi connectivity index (χ3v) is 6.58. The summed E-state index contributed by atoms with van der Waals surface area (Å²) in [5.74, 6) is 0. The summed E-state index contributed by atoms with van der Waals surface area (Å²) in [5, 5.41) is 14.5. The Hall–Kier alpha value is -4.54. The number of nitrogens with one attached hydrogen (secondary N) is 1. The van der Waals surface area contributed by atoms with Gasteiger partial charge >= 0.3 is 0 Å². The Bertz CT molecular complexity index is 1770. The van der Waals surface area contributed by atoms with Crippen LogP contribution in [0.15, 0.2) is 89.9 Å². The molecule has 2 aromatic carbocycles. The van der Waals surface area contributed by atoms with E-state index in [0.29, 0.717) is 43.0 Å². The number of anilines is 2. The van der Waals surface area contributed by atoms with Gasteiger partial charge in [0.25, 0.3) is 5.56 Å². The van der Waals surface area contributed by atoms with Crippen LogP contribution < -0.4 is 10.9 Å². The zero-order valence-electron chi connectivity index (χ0n) is 17.2. The molecule has 0 spiro atoms. The fourth-order valence-electron chi connectivity index (χ4n) is 3.97. The largest absolute Gasteiger partial charge is 0.346 e. The second-order valence-corrected chi connectivity index (χ2v) is 8.50. The van der Waals surface area contributed by atoms with Crippen molar-refractivity contribution in [3.63, 3.8) is 0 Å². The maximum atomic E-state index is 13.6. The number of fused-ring (bicyclic) bond motifs is 4. The monoisotopic (exact) mass is 445 g/mol. The van der Waals surface area contributed by atoms with Crippen LogP contribution in [-0.2, 0) is 0 Å². The Morgan fingerprint density at radius 2 is 1.61 bits per heavy atom. The van der Waals surface area contributed by atoms with Crippen LogP contribution in [0.25, 0.3) is 38.0 Å². The normalized spacial score (nSPS) is 11.1. The van der Waals surface area contributed by atoms with Gasteiger partial charge in [0.1, 0.15) is 27.8 Å². The van der Waals surface area contributed by atoms with Crippen LogP contribution in [0.3, 0.4) is 0 Å². The molecular weight excluding hydrogens is 430 g/mol. The fourth-order valence-corrected chi connectivity index (χ4v) is 5.08. The molecule has 0 atom stereocenters. The van der Waals surface area contributed by atoms with Crippen molar-refractivity contribution in [2.75, 3.05) is 5.32 Å². The van der Waals surface area contributed by atoms with Crippen molar-refractivity contribution in [2.24, 2.45) is 0 Å². The number of para-hydroxylation sites is 1. The molecule has 0 aliphatic carbocycles. The van der Waals surface area contributed by atoms with Crippen LogP contribution in [0.1, 0.15) is 5.56 Å². The summed E-state index contributed by atoms with van der Waals surface area (Å²) in [6.07, 6.45) is 1.71. The highest BCUT2D eigenvalue weighted by molar-refractivity contribution is 7.24. The maximum absolute atomic E-state index is 13.6. The number of pyridine rings is 2. The van der Waals surface area contributed by atoms with E-state index < -0.39 is 0 Å². The Kier molecular flexibility index (Phi) is 4.39. The number of rotatable bonds is 3. The third-order valence-electron chi connectivity index (χ3n) is 5.48. The third kappa shape index (κ3) is 3.04. The van der Waals surface area contributed by atoms with E-state index >= 15 is 0 Å².